The zero-order valence-corrected chi connectivity index (χ0v) is 10.8. The van der Waals surface area contributed by atoms with E-state index in [4.69, 9.17) is 5.11 Å². The predicted octanol–water partition coefficient (Wildman–Crippen LogP) is 0.650. The number of nitrogens with zero attached hydrogens (tertiary/aromatic N) is 2. The Kier molecular flexibility index (Phi) is 4.93. The van der Waals surface area contributed by atoms with Crippen molar-refractivity contribution in [2.75, 3.05) is 26.7 Å². The lowest BCUT2D eigenvalue weighted by Crippen LogP contribution is -2.42. The molecule has 1 aliphatic rings. The Labute approximate surface area is 102 Å². The van der Waals surface area contributed by atoms with Gasteiger partial charge in [0.05, 0.1) is 12.3 Å². The molecule has 1 fully saturated rings. The number of likely N-dealkylation sites (tertiary alicyclic amines) is 1. The van der Waals surface area contributed by atoms with E-state index >= 15 is 0 Å². The molecule has 0 radical (unpaired) electrons. The number of hydrogen-bond acceptors (Lipinski definition) is 3. The summed E-state index contributed by atoms with van der Waals surface area (Å²) in [5, 5.41) is 8.69. The van der Waals surface area contributed by atoms with E-state index in [9.17, 15) is 9.59 Å². The smallest absolute Gasteiger partial charge is 0.305 e. The van der Waals surface area contributed by atoms with E-state index in [1.54, 1.807) is 4.90 Å². The SMILES string of the molecule is CC(C)N(CCC(=O)O)C(=O)C1CCN(C)C1. The molecule has 1 amide bonds. The maximum absolute atomic E-state index is 12.3. The Morgan fingerprint density at radius 2 is 2.12 bits per heavy atom. The maximum Gasteiger partial charge on any atom is 0.305 e. The van der Waals surface area contributed by atoms with Crippen LogP contribution in [-0.4, -0.2) is 59.5 Å². The first-order valence-corrected chi connectivity index (χ1v) is 6.12. The largest absolute Gasteiger partial charge is 0.481 e. The molecule has 1 unspecified atom stereocenters. The minimum Gasteiger partial charge on any atom is -0.481 e. The summed E-state index contributed by atoms with van der Waals surface area (Å²) in [5.41, 5.74) is 0. The predicted molar refractivity (Wildman–Crippen MR) is 64.7 cm³/mol. The van der Waals surface area contributed by atoms with Crippen molar-refractivity contribution in [2.24, 2.45) is 5.92 Å². The third-order valence-electron chi connectivity index (χ3n) is 3.21. The second kappa shape index (κ2) is 6.00. The number of hydrogen-bond donors (Lipinski definition) is 1. The van der Waals surface area contributed by atoms with Gasteiger partial charge in [0.15, 0.2) is 0 Å². The van der Waals surface area contributed by atoms with Crippen molar-refractivity contribution in [3.8, 4) is 0 Å². The molecule has 1 atom stereocenters. The molecule has 17 heavy (non-hydrogen) atoms. The number of rotatable bonds is 5. The molecule has 1 N–H and O–H groups in total. The van der Waals surface area contributed by atoms with Gasteiger partial charge in [-0.3, -0.25) is 9.59 Å². The topological polar surface area (TPSA) is 60.9 Å². The third-order valence-corrected chi connectivity index (χ3v) is 3.21. The fourth-order valence-electron chi connectivity index (χ4n) is 2.21. The minimum atomic E-state index is -0.855. The number of carboxylic acids is 1. The van der Waals surface area contributed by atoms with E-state index in [0.717, 1.165) is 19.5 Å². The van der Waals surface area contributed by atoms with E-state index in [1.165, 1.54) is 0 Å². The minimum absolute atomic E-state index is 0.0203. The van der Waals surface area contributed by atoms with Crippen LogP contribution in [0.2, 0.25) is 0 Å². The Bertz CT molecular complexity index is 291. The average molecular weight is 242 g/mol. The number of carbonyl (C=O) groups is 2. The lowest BCUT2D eigenvalue weighted by atomic mass is 10.1. The molecule has 0 bridgehead atoms. The maximum atomic E-state index is 12.3. The first-order chi connectivity index (χ1) is 7.91. The van der Waals surface area contributed by atoms with Gasteiger partial charge in [0.1, 0.15) is 0 Å². The molecule has 0 aromatic carbocycles. The highest BCUT2D eigenvalue weighted by molar-refractivity contribution is 5.80. The monoisotopic (exact) mass is 242 g/mol. The van der Waals surface area contributed by atoms with E-state index < -0.39 is 5.97 Å². The van der Waals surface area contributed by atoms with Crippen LogP contribution in [0.25, 0.3) is 0 Å². The number of aliphatic carboxylic acids is 1. The molecular formula is C12H22N2O3. The van der Waals surface area contributed by atoms with Crippen LogP contribution >= 0.6 is 0 Å². The molecule has 0 aliphatic carbocycles. The number of carboxylic acid groups (broad SMARTS) is 1. The van der Waals surface area contributed by atoms with Crippen molar-refractivity contribution >= 4 is 11.9 Å². The summed E-state index contributed by atoms with van der Waals surface area (Å²) in [4.78, 5) is 26.7. The second-order valence-electron chi connectivity index (χ2n) is 5.02. The van der Waals surface area contributed by atoms with Crippen LogP contribution in [0, 0.1) is 5.92 Å². The molecular weight excluding hydrogens is 220 g/mol. The summed E-state index contributed by atoms with van der Waals surface area (Å²) in [6.45, 7) is 5.90. The van der Waals surface area contributed by atoms with Gasteiger partial charge in [0, 0.05) is 19.1 Å². The Morgan fingerprint density at radius 3 is 2.53 bits per heavy atom. The molecule has 0 aromatic rings. The molecule has 5 heteroatoms. The highest BCUT2D eigenvalue weighted by Crippen LogP contribution is 2.18. The highest BCUT2D eigenvalue weighted by Gasteiger charge is 2.30. The van der Waals surface area contributed by atoms with Crippen molar-refractivity contribution in [1.82, 2.24) is 9.80 Å². The molecule has 0 aromatic heterocycles. The van der Waals surface area contributed by atoms with Crippen LogP contribution in [0.4, 0.5) is 0 Å². The van der Waals surface area contributed by atoms with Gasteiger partial charge in [-0.25, -0.2) is 0 Å². The van der Waals surface area contributed by atoms with Crippen LogP contribution < -0.4 is 0 Å². The molecule has 0 spiro atoms. The van der Waals surface area contributed by atoms with Crippen molar-refractivity contribution in [2.45, 2.75) is 32.7 Å². The average Bonchev–Trinajstić information content (AvgIpc) is 2.63. The Balaban J connectivity index is 2.57. The van der Waals surface area contributed by atoms with Crippen LogP contribution in [0.1, 0.15) is 26.7 Å². The molecule has 1 saturated heterocycles. The summed E-state index contributed by atoms with van der Waals surface area (Å²) in [7, 11) is 2.00. The van der Waals surface area contributed by atoms with Crippen LogP contribution in [0.5, 0.6) is 0 Å². The van der Waals surface area contributed by atoms with E-state index in [0.29, 0.717) is 6.54 Å². The van der Waals surface area contributed by atoms with Gasteiger partial charge in [-0.05, 0) is 33.9 Å². The van der Waals surface area contributed by atoms with Gasteiger partial charge >= 0.3 is 5.97 Å². The summed E-state index contributed by atoms with van der Waals surface area (Å²) in [6, 6.07) is 0.0627. The number of amides is 1. The van der Waals surface area contributed by atoms with Gasteiger partial charge < -0.3 is 14.9 Å². The first kappa shape index (κ1) is 14.0. The van der Waals surface area contributed by atoms with Gasteiger partial charge in [-0.2, -0.15) is 0 Å². The standard InChI is InChI=1S/C12H22N2O3/c1-9(2)14(7-5-11(15)16)12(17)10-4-6-13(3)8-10/h9-10H,4-8H2,1-3H3,(H,15,16). The van der Waals surface area contributed by atoms with Crippen LogP contribution in [0.3, 0.4) is 0 Å². The molecule has 1 aliphatic heterocycles. The van der Waals surface area contributed by atoms with Gasteiger partial charge in [-0.1, -0.05) is 0 Å². The molecule has 0 saturated carbocycles. The summed E-state index contributed by atoms with van der Waals surface area (Å²) in [6.07, 6.45) is 0.901. The first-order valence-electron chi connectivity index (χ1n) is 6.12. The highest BCUT2D eigenvalue weighted by atomic mass is 16.4. The fraction of sp³-hybridized carbons (Fsp3) is 0.833. The van der Waals surface area contributed by atoms with Crippen molar-refractivity contribution < 1.29 is 14.7 Å². The second-order valence-corrected chi connectivity index (χ2v) is 5.02. The molecule has 1 heterocycles. The fourth-order valence-corrected chi connectivity index (χ4v) is 2.21. The van der Waals surface area contributed by atoms with Gasteiger partial charge in [0.25, 0.3) is 0 Å². The quantitative estimate of drug-likeness (QED) is 0.769. The molecule has 98 valence electrons. The zero-order valence-electron chi connectivity index (χ0n) is 10.8. The third kappa shape index (κ3) is 4.00. The van der Waals surface area contributed by atoms with E-state index in [1.807, 2.05) is 20.9 Å². The summed E-state index contributed by atoms with van der Waals surface area (Å²) in [5.74, 6) is -0.714. The van der Waals surface area contributed by atoms with Crippen LogP contribution in [-0.2, 0) is 9.59 Å². The lowest BCUT2D eigenvalue weighted by Gasteiger charge is -2.28. The van der Waals surface area contributed by atoms with Crippen molar-refractivity contribution in [3.63, 3.8) is 0 Å². The normalized spacial score (nSPS) is 20.8. The van der Waals surface area contributed by atoms with Crippen molar-refractivity contribution in [3.05, 3.63) is 0 Å². The van der Waals surface area contributed by atoms with Gasteiger partial charge in [0.2, 0.25) is 5.91 Å². The molecule has 5 nitrogen and oxygen atoms in total. The van der Waals surface area contributed by atoms with Gasteiger partial charge in [-0.15, -0.1) is 0 Å². The van der Waals surface area contributed by atoms with E-state index in [-0.39, 0.29) is 24.3 Å². The number of carbonyl (C=O) groups excluding carboxylic acids is 1. The molecule has 1 rings (SSSR count). The van der Waals surface area contributed by atoms with Crippen molar-refractivity contribution in [1.29, 1.82) is 0 Å². The summed E-state index contributed by atoms with van der Waals surface area (Å²) < 4.78 is 0. The summed E-state index contributed by atoms with van der Waals surface area (Å²) >= 11 is 0. The van der Waals surface area contributed by atoms with E-state index in [2.05, 4.69) is 4.90 Å². The zero-order chi connectivity index (χ0) is 13.0. The van der Waals surface area contributed by atoms with Crippen LogP contribution in [0.15, 0.2) is 0 Å². The Hall–Kier alpha value is -1.10. The Morgan fingerprint density at radius 1 is 1.47 bits per heavy atom. The lowest BCUT2D eigenvalue weighted by molar-refractivity contribution is -0.140.